The van der Waals surface area contributed by atoms with Crippen LogP contribution in [0.25, 0.3) is 0 Å². The van der Waals surface area contributed by atoms with Crippen LogP contribution in [0, 0.1) is 0 Å². The molecule has 0 saturated carbocycles. The summed E-state index contributed by atoms with van der Waals surface area (Å²) in [5.74, 6) is 0.0304. The molecular weight excluding hydrogens is 332 g/mol. The molecule has 3 aromatic rings. The molecule has 1 unspecified atom stereocenters. The normalized spacial score (nSPS) is 14.3. The summed E-state index contributed by atoms with van der Waals surface area (Å²) in [6, 6.07) is 21.9. The minimum absolute atomic E-state index is 0.0304. The van der Waals surface area contributed by atoms with Crippen LogP contribution in [0.5, 0.6) is 0 Å². The van der Waals surface area contributed by atoms with Crippen LogP contribution in [0.1, 0.15) is 51.6 Å². The number of aryl methyl sites for hydroxylation is 2. The molecular formula is C24H24N2O. The number of hydrogen-bond acceptors (Lipinski definition) is 2. The van der Waals surface area contributed by atoms with E-state index in [1.807, 2.05) is 54.4 Å². The van der Waals surface area contributed by atoms with Crippen LogP contribution in [0.2, 0.25) is 0 Å². The van der Waals surface area contributed by atoms with E-state index in [1.54, 1.807) is 6.20 Å². The van der Waals surface area contributed by atoms with Crippen LogP contribution >= 0.6 is 0 Å². The third-order valence-corrected chi connectivity index (χ3v) is 5.39. The van der Waals surface area contributed by atoms with Gasteiger partial charge in [-0.25, -0.2) is 0 Å². The summed E-state index contributed by atoms with van der Waals surface area (Å²) in [4.78, 5) is 19.7. The van der Waals surface area contributed by atoms with E-state index in [2.05, 4.69) is 29.2 Å². The Kier molecular flexibility index (Phi) is 5.01. The number of carbonyl (C=O) groups excluding carboxylic acids is 1. The second kappa shape index (κ2) is 7.75. The van der Waals surface area contributed by atoms with Crippen LogP contribution in [0.15, 0.2) is 72.9 Å². The van der Waals surface area contributed by atoms with E-state index in [0.29, 0.717) is 0 Å². The Bertz CT molecular complexity index is 882. The van der Waals surface area contributed by atoms with Gasteiger partial charge in [0.25, 0.3) is 5.91 Å². The highest BCUT2D eigenvalue weighted by atomic mass is 16.2. The van der Waals surface area contributed by atoms with Gasteiger partial charge in [0.15, 0.2) is 0 Å². The zero-order valence-electron chi connectivity index (χ0n) is 15.6. The average Bonchev–Trinajstić information content (AvgIpc) is 2.74. The Hall–Kier alpha value is -2.94. The molecule has 3 heteroatoms. The first kappa shape index (κ1) is 17.5. The molecule has 27 heavy (non-hydrogen) atoms. The van der Waals surface area contributed by atoms with Crippen molar-refractivity contribution in [2.75, 3.05) is 7.05 Å². The monoisotopic (exact) mass is 356 g/mol. The third-order valence-electron chi connectivity index (χ3n) is 5.39. The zero-order valence-corrected chi connectivity index (χ0v) is 15.6. The second-order valence-electron chi connectivity index (χ2n) is 7.17. The summed E-state index contributed by atoms with van der Waals surface area (Å²) in [5.41, 5.74) is 5.41. The fraction of sp³-hybridized carbons (Fsp3) is 0.250. The number of nitrogens with zero attached hydrogens (tertiary/aromatic N) is 2. The smallest absolute Gasteiger partial charge is 0.254 e. The van der Waals surface area contributed by atoms with E-state index >= 15 is 0 Å². The lowest BCUT2D eigenvalue weighted by Gasteiger charge is -2.29. The summed E-state index contributed by atoms with van der Waals surface area (Å²) in [6.07, 6.45) is 6.43. The minimum atomic E-state index is -0.212. The SMILES string of the molecule is CN(C(=O)c1ccc2c(c1)CCCC2)C(c1ccccc1)c1ccccn1. The lowest BCUT2D eigenvalue weighted by atomic mass is 9.90. The van der Waals surface area contributed by atoms with Gasteiger partial charge in [-0.1, -0.05) is 42.5 Å². The van der Waals surface area contributed by atoms with Gasteiger partial charge in [-0.3, -0.25) is 9.78 Å². The Morgan fingerprint density at radius 2 is 1.67 bits per heavy atom. The van der Waals surface area contributed by atoms with Gasteiger partial charge in [-0.15, -0.1) is 0 Å². The van der Waals surface area contributed by atoms with Gasteiger partial charge in [-0.05, 0) is 66.6 Å². The molecule has 2 aromatic carbocycles. The first-order chi connectivity index (χ1) is 13.2. The van der Waals surface area contributed by atoms with Gasteiger partial charge >= 0.3 is 0 Å². The summed E-state index contributed by atoms with van der Waals surface area (Å²) in [5, 5.41) is 0. The van der Waals surface area contributed by atoms with E-state index in [1.165, 1.54) is 24.0 Å². The van der Waals surface area contributed by atoms with Gasteiger partial charge in [-0.2, -0.15) is 0 Å². The fourth-order valence-electron chi connectivity index (χ4n) is 3.95. The standard InChI is InChI=1S/C24H24N2O/c1-26(24(27)21-15-14-18-9-5-6-12-20(18)17-21)23(19-10-3-2-4-11-19)22-13-7-8-16-25-22/h2-4,7-8,10-11,13-17,23H,5-6,9,12H2,1H3. The van der Waals surface area contributed by atoms with Crippen molar-refractivity contribution in [1.29, 1.82) is 0 Å². The fourth-order valence-corrected chi connectivity index (χ4v) is 3.95. The number of rotatable bonds is 4. The number of amides is 1. The first-order valence-corrected chi connectivity index (χ1v) is 9.59. The van der Waals surface area contributed by atoms with Gasteiger partial charge in [0.05, 0.1) is 11.7 Å². The van der Waals surface area contributed by atoms with Crippen LogP contribution in [0.4, 0.5) is 0 Å². The van der Waals surface area contributed by atoms with Gasteiger partial charge < -0.3 is 4.90 Å². The predicted molar refractivity (Wildman–Crippen MR) is 108 cm³/mol. The Morgan fingerprint density at radius 1 is 0.926 bits per heavy atom. The summed E-state index contributed by atoms with van der Waals surface area (Å²) < 4.78 is 0. The molecule has 0 bridgehead atoms. The maximum absolute atomic E-state index is 13.3. The molecule has 1 aliphatic carbocycles. The number of benzene rings is 2. The molecule has 0 fully saturated rings. The first-order valence-electron chi connectivity index (χ1n) is 9.59. The van der Waals surface area contributed by atoms with E-state index in [-0.39, 0.29) is 11.9 Å². The molecule has 0 aliphatic heterocycles. The van der Waals surface area contributed by atoms with E-state index in [4.69, 9.17) is 0 Å². The molecule has 4 rings (SSSR count). The summed E-state index contributed by atoms with van der Waals surface area (Å²) in [7, 11) is 1.87. The number of aromatic nitrogens is 1. The van der Waals surface area contributed by atoms with Crippen LogP contribution < -0.4 is 0 Å². The Balaban J connectivity index is 1.69. The summed E-state index contributed by atoms with van der Waals surface area (Å²) in [6.45, 7) is 0. The molecule has 0 radical (unpaired) electrons. The van der Waals surface area contributed by atoms with Gasteiger partial charge in [0.2, 0.25) is 0 Å². The maximum atomic E-state index is 13.3. The molecule has 1 aromatic heterocycles. The molecule has 1 heterocycles. The van der Waals surface area contributed by atoms with Crippen molar-refractivity contribution < 1.29 is 4.79 Å². The van der Waals surface area contributed by atoms with Crippen molar-refractivity contribution in [3.63, 3.8) is 0 Å². The van der Waals surface area contributed by atoms with Gasteiger partial charge in [0, 0.05) is 18.8 Å². The summed E-state index contributed by atoms with van der Waals surface area (Å²) >= 11 is 0. The second-order valence-corrected chi connectivity index (χ2v) is 7.17. The van der Waals surface area contributed by atoms with Crippen LogP contribution in [0.3, 0.4) is 0 Å². The van der Waals surface area contributed by atoms with Crippen molar-refractivity contribution in [2.24, 2.45) is 0 Å². The van der Waals surface area contributed by atoms with Crippen molar-refractivity contribution >= 4 is 5.91 Å². The largest absolute Gasteiger partial charge is 0.329 e. The molecule has 1 aliphatic rings. The van der Waals surface area contributed by atoms with Gasteiger partial charge in [0.1, 0.15) is 0 Å². The van der Waals surface area contributed by atoms with Crippen molar-refractivity contribution in [3.8, 4) is 0 Å². The average molecular weight is 356 g/mol. The number of hydrogen-bond donors (Lipinski definition) is 0. The molecule has 1 atom stereocenters. The molecule has 3 nitrogen and oxygen atoms in total. The molecule has 0 spiro atoms. The number of fused-ring (bicyclic) bond motifs is 1. The predicted octanol–water partition coefficient (Wildman–Crippen LogP) is 4.82. The lowest BCUT2D eigenvalue weighted by molar-refractivity contribution is 0.0752. The molecule has 0 saturated heterocycles. The molecule has 136 valence electrons. The topological polar surface area (TPSA) is 33.2 Å². The Morgan fingerprint density at radius 3 is 2.41 bits per heavy atom. The van der Waals surface area contributed by atoms with Crippen molar-refractivity contribution in [1.82, 2.24) is 9.88 Å². The highest BCUT2D eigenvalue weighted by Gasteiger charge is 2.26. The van der Waals surface area contributed by atoms with Crippen LogP contribution in [-0.2, 0) is 12.8 Å². The minimum Gasteiger partial charge on any atom is -0.329 e. The number of pyridine rings is 1. The highest BCUT2D eigenvalue weighted by Crippen LogP contribution is 2.29. The number of carbonyl (C=O) groups is 1. The Labute approximate surface area is 160 Å². The van der Waals surface area contributed by atoms with Crippen molar-refractivity contribution in [3.05, 3.63) is 101 Å². The van der Waals surface area contributed by atoms with E-state index in [9.17, 15) is 4.79 Å². The van der Waals surface area contributed by atoms with E-state index < -0.39 is 0 Å². The van der Waals surface area contributed by atoms with Crippen molar-refractivity contribution in [2.45, 2.75) is 31.7 Å². The quantitative estimate of drug-likeness (QED) is 0.671. The maximum Gasteiger partial charge on any atom is 0.254 e. The van der Waals surface area contributed by atoms with Crippen LogP contribution in [-0.4, -0.2) is 22.8 Å². The zero-order chi connectivity index (χ0) is 18.6. The highest BCUT2D eigenvalue weighted by molar-refractivity contribution is 5.94. The van der Waals surface area contributed by atoms with E-state index in [0.717, 1.165) is 29.7 Å². The lowest BCUT2D eigenvalue weighted by Crippen LogP contribution is -2.32. The third kappa shape index (κ3) is 3.63. The molecule has 1 amide bonds. The molecule has 0 N–H and O–H groups in total.